The van der Waals surface area contributed by atoms with Crippen molar-refractivity contribution in [2.24, 2.45) is 17.3 Å². The molecule has 7 rings (SSSR count). The highest BCUT2D eigenvalue weighted by molar-refractivity contribution is 7.91. The van der Waals surface area contributed by atoms with Gasteiger partial charge in [-0.25, -0.2) is 13.2 Å². The predicted molar refractivity (Wildman–Crippen MR) is 247 cm³/mol. The molecule has 5 fully saturated rings. The number of ether oxygens (including phenoxy) is 3. The van der Waals surface area contributed by atoms with Crippen molar-refractivity contribution in [2.75, 3.05) is 39.9 Å². The number of hydrogen-bond acceptors (Lipinski definition) is 11. The molecule has 2 saturated heterocycles. The Morgan fingerprint density at radius 3 is 2.42 bits per heavy atom. The minimum Gasteiger partial charge on any atom is -0.489 e. The quantitative estimate of drug-likeness (QED) is 0.102. The fourth-order valence-corrected chi connectivity index (χ4v) is 11.0. The third-order valence-corrected chi connectivity index (χ3v) is 16.7. The van der Waals surface area contributed by atoms with Gasteiger partial charge in [0.25, 0.3) is 11.5 Å². The van der Waals surface area contributed by atoms with Crippen molar-refractivity contribution in [3.63, 3.8) is 0 Å². The third kappa shape index (κ3) is 10.9. The molecule has 65 heavy (non-hydrogen) atoms. The molecular formula is C48H70N6O10S. The van der Waals surface area contributed by atoms with Gasteiger partial charge in [0.1, 0.15) is 35.6 Å². The number of piperidine rings is 1. The highest BCUT2D eigenvalue weighted by atomic mass is 32.2. The number of carbonyl (C=O) groups is 4. The standard InChI is InChI=1S/C48H70N6O10S/c1-7-32-19-22-48(32,44(58)52-65(60,61)47(5)23-24-47)51-42(56)37-18-13-25-54(37)43(57)40(46(2,3)4)50-45(59)64-38-30-31(38)14-9-8-10-16-35-39(34-15-11-12-17-36(34)49-41(35)55)63-33-20-26-53(27-21-33)28-29-62-6/h7,11-12,15,17,31-33,37-38,40H,1,8-10,13-14,16,18-30H2,2-6H3,(H,49,55)(H,50,59)(H,51,56)(H,52,58). The lowest BCUT2D eigenvalue weighted by atomic mass is 9.66. The van der Waals surface area contributed by atoms with Gasteiger partial charge >= 0.3 is 6.09 Å². The Kier molecular flexibility index (Phi) is 14.7. The SMILES string of the molecule is C=CC1CCC1(NC(=O)C1CCCN1C(=O)C(NC(=O)OC1CC1CCCCCc1c(OC2CCN(CCOC)CC2)c2ccccc2[nH]c1=O)C(C)(C)C)C(=O)NS(=O)(=O)C1(C)CC1. The second-order valence-electron chi connectivity index (χ2n) is 20.4. The number of carbonyl (C=O) groups excluding carboxylic acids is 4. The van der Waals surface area contributed by atoms with E-state index < -0.39 is 67.5 Å². The number of pyridine rings is 1. The number of nitrogens with zero attached hydrogens (tertiary/aromatic N) is 2. The molecule has 6 atom stereocenters. The number of fused-ring (bicyclic) bond motifs is 1. The van der Waals surface area contributed by atoms with Gasteiger partial charge in [0.05, 0.1) is 22.4 Å². The van der Waals surface area contributed by atoms with Crippen molar-refractivity contribution in [3.8, 4) is 5.75 Å². The van der Waals surface area contributed by atoms with Gasteiger partial charge in [0.15, 0.2) is 0 Å². The Morgan fingerprint density at radius 2 is 1.75 bits per heavy atom. The average molecular weight is 923 g/mol. The summed E-state index contributed by atoms with van der Waals surface area (Å²) in [6.07, 6.45) is 9.73. The summed E-state index contributed by atoms with van der Waals surface area (Å²) >= 11 is 0. The minimum absolute atomic E-state index is 0.0323. The van der Waals surface area contributed by atoms with Gasteiger partial charge < -0.3 is 39.6 Å². The van der Waals surface area contributed by atoms with E-state index in [0.717, 1.165) is 75.5 Å². The minimum atomic E-state index is -3.95. The number of methoxy groups -OCH3 is 1. The maximum absolute atomic E-state index is 14.2. The molecule has 1 aromatic carbocycles. The zero-order valence-corrected chi connectivity index (χ0v) is 39.7. The molecule has 5 aliphatic rings. The highest BCUT2D eigenvalue weighted by Crippen LogP contribution is 2.45. The number of aromatic amines is 1. The molecule has 3 aliphatic carbocycles. The van der Waals surface area contributed by atoms with Crippen molar-refractivity contribution >= 4 is 44.7 Å². The molecule has 3 heterocycles. The summed E-state index contributed by atoms with van der Waals surface area (Å²) in [6, 6.07) is 5.86. The van der Waals surface area contributed by atoms with Gasteiger partial charge in [-0.3, -0.25) is 23.9 Å². The Bertz CT molecular complexity index is 2260. The number of amides is 4. The van der Waals surface area contributed by atoms with E-state index in [4.69, 9.17) is 14.2 Å². The van der Waals surface area contributed by atoms with E-state index in [-0.39, 0.29) is 36.7 Å². The Labute approximate surface area is 383 Å². The molecule has 4 amide bonds. The first kappa shape index (κ1) is 48.5. The summed E-state index contributed by atoms with van der Waals surface area (Å²) in [5.74, 6) is -1.36. The fraction of sp³-hybridized carbons (Fsp3) is 0.688. The molecule has 16 nitrogen and oxygen atoms in total. The van der Waals surface area contributed by atoms with E-state index in [0.29, 0.717) is 56.4 Å². The Hall–Kier alpha value is -4.48. The summed E-state index contributed by atoms with van der Waals surface area (Å²) in [5.41, 5.74) is -0.909. The van der Waals surface area contributed by atoms with E-state index in [1.807, 2.05) is 45.0 Å². The number of hydrogen-bond donors (Lipinski definition) is 4. The van der Waals surface area contributed by atoms with Crippen molar-refractivity contribution < 1.29 is 41.8 Å². The molecule has 1 aromatic heterocycles. The van der Waals surface area contributed by atoms with Gasteiger partial charge in [0, 0.05) is 44.6 Å². The van der Waals surface area contributed by atoms with Crippen LogP contribution in [-0.2, 0) is 40.3 Å². The number of rotatable bonds is 20. The molecule has 0 radical (unpaired) electrons. The molecule has 2 aliphatic heterocycles. The number of sulfonamides is 1. The molecule has 6 unspecified atom stereocenters. The van der Waals surface area contributed by atoms with Crippen LogP contribution in [0.25, 0.3) is 10.9 Å². The second-order valence-corrected chi connectivity index (χ2v) is 22.6. The van der Waals surface area contributed by atoms with Crippen LogP contribution in [0.15, 0.2) is 41.7 Å². The van der Waals surface area contributed by atoms with Crippen molar-refractivity contribution in [1.29, 1.82) is 0 Å². The van der Waals surface area contributed by atoms with Crippen LogP contribution in [0.3, 0.4) is 0 Å². The summed E-state index contributed by atoms with van der Waals surface area (Å²) in [7, 11) is -2.24. The van der Waals surface area contributed by atoms with Crippen molar-refractivity contribution in [2.45, 2.75) is 152 Å². The molecule has 4 N–H and O–H groups in total. The van der Waals surface area contributed by atoms with Gasteiger partial charge in [-0.05, 0) is 107 Å². The van der Waals surface area contributed by atoms with Gasteiger partial charge in [-0.1, -0.05) is 51.8 Å². The summed E-state index contributed by atoms with van der Waals surface area (Å²) in [5, 5.41) is 6.59. The predicted octanol–water partition coefficient (Wildman–Crippen LogP) is 5.09. The lowest BCUT2D eigenvalue weighted by Gasteiger charge is -2.47. The second kappa shape index (κ2) is 19.8. The number of nitrogens with one attached hydrogen (secondary N) is 4. The van der Waals surface area contributed by atoms with E-state index in [1.165, 1.54) is 4.90 Å². The third-order valence-electron chi connectivity index (χ3n) is 14.6. The lowest BCUT2D eigenvalue weighted by molar-refractivity contribution is -0.145. The van der Waals surface area contributed by atoms with E-state index in [9.17, 15) is 32.4 Å². The lowest BCUT2D eigenvalue weighted by Crippen LogP contribution is -2.70. The summed E-state index contributed by atoms with van der Waals surface area (Å²) < 4.78 is 44.9. The van der Waals surface area contributed by atoms with Gasteiger partial charge in [0.2, 0.25) is 21.8 Å². The van der Waals surface area contributed by atoms with Crippen LogP contribution < -0.4 is 25.7 Å². The van der Waals surface area contributed by atoms with E-state index in [1.54, 1.807) is 20.1 Å². The number of para-hydroxylation sites is 1. The van der Waals surface area contributed by atoms with Crippen LogP contribution >= 0.6 is 0 Å². The first-order valence-corrected chi connectivity index (χ1v) is 25.2. The number of benzene rings is 1. The van der Waals surface area contributed by atoms with Crippen molar-refractivity contribution in [1.82, 2.24) is 30.1 Å². The zero-order valence-electron chi connectivity index (χ0n) is 38.9. The summed E-state index contributed by atoms with van der Waals surface area (Å²) in [6.45, 7) is 14.6. The van der Waals surface area contributed by atoms with Gasteiger partial charge in [-0.2, -0.15) is 0 Å². The Balaban J connectivity index is 0.887. The van der Waals surface area contributed by atoms with E-state index in [2.05, 4.69) is 31.8 Å². The highest BCUT2D eigenvalue weighted by Gasteiger charge is 2.58. The molecule has 3 saturated carbocycles. The molecule has 0 bridgehead atoms. The Morgan fingerprint density at radius 1 is 1.02 bits per heavy atom. The monoisotopic (exact) mass is 922 g/mol. The van der Waals surface area contributed by atoms with Crippen LogP contribution in [0, 0.1) is 17.3 Å². The van der Waals surface area contributed by atoms with E-state index >= 15 is 0 Å². The van der Waals surface area contributed by atoms with Crippen LogP contribution in [0.5, 0.6) is 5.75 Å². The van der Waals surface area contributed by atoms with Crippen LogP contribution in [-0.4, -0.2) is 121 Å². The summed E-state index contributed by atoms with van der Waals surface area (Å²) in [4.78, 5) is 75.4. The number of alkyl carbamates (subject to hydrolysis) is 1. The number of H-pyrrole nitrogens is 1. The largest absolute Gasteiger partial charge is 0.489 e. The number of unbranched alkanes of at least 4 members (excludes halogenated alkanes) is 2. The molecule has 2 aromatic rings. The normalized spacial score (nSPS) is 25.8. The number of aromatic nitrogens is 1. The van der Waals surface area contributed by atoms with Gasteiger partial charge in [-0.15, -0.1) is 6.58 Å². The smallest absolute Gasteiger partial charge is 0.408 e. The number of likely N-dealkylation sites (tertiary alicyclic amines) is 2. The van der Waals surface area contributed by atoms with Crippen LogP contribution in [0.4, 0.5) is 4.79 Å². The maximum atomic E-state index is 14.2. The fourth-order valence-electron chi connectivity index (χ4n) is 9.71. The first-order chi connectivity index (χ1) is 30.9. The molecule has 0 spiro atoms. The van der Waals surface area contributed by atoms with Crippen LogP contribution in [0.1, 0.15) is 117 Å². The molecular weight excluding hydrogens is 853 g/mol. The zero-order chi connectivity index (χ0) is 46.7. The molecule has 358 valence electrons. The first-order valence-electron chi connectivity index (χ1n) is 23.7. The topological polar surface area (TPSA) is 206 Å². The average Bonchev–Trinajstić information content (AvgIpc) is 4.14. The maximum Gasteiger partial charge on any atom is 0.408 e. The van der Waals surface area contributed by atoms with Crippen molar-refractivity contribution in [3.05, 3.63) is 52.8 Å². The molecule has 17 heteroatoms. The van der Waals surface area contributed by atoms with Crippen LogP contribution in [0.2, 0.25) is 0 Å².